The Bertz CT molecular complexity index is 398. The van der Waals surface area contributed by atoms with Crippen molar-refractivity contribution in [3.05, 3.63) is 29.3 Å². The highest BCUT2D eigenvalue weighted by atomic mass is 16.2. The van der Waals surface area contributed by atoms with Crippen LogP contribution in [0.5, 0.6) is 0 Å². The number of rotatable bonds is 2. The summed E-state index contributed by atoms with van der Waals surface area (Å²) in [5.74, 6) is 2.31. The zero-order valence-electron chi connectivity index (χ0n) is 8.95. The molecule has 0 aliphatic rings. The summed E-state index contributed by atoms with van der Waals surface area (Å²) < 4.78 is 0. The quantitative estimate of drug-likeness (QED) is 0.580. The first kappa shape index (κ1) is 11.1. The van der Waals surface area contributed by atoms with Crippen molar-refractivity contribution in [3.63, 3.8) is 0 Å². The lowest BCUT2D eigenvalue weighted by Crippen LogP contribution is -2.27. The number of hydrogen-bond donors (Lipinski definition) is 1. The van der Waals surface area contributed by atoms with Crippen LogP contribution in [-0.4, -0.2) is 24.4 Å². The third-order valence-corrected chi connectivity index (χ3v) is 2.02. The highest BCUT2D eigenvalue weighted by molar-refractivity contribution is 5.95. The molecule has 1 aromatic carbocycles. The minimum atomic E-state index is -0.108. The van der Waals surface area contributed by atoms with Crippen LogP contribution in [0.4, 0.5) is 5.69 Å². The number of carbonyl (C=O) groups excluding carboxylic acids is 1. The van der Waals surface area contributed by atoms with Crippen molar-refractivity contribution in [1.29, 1.82) is 0 Å². The van der Waals surface area contributed by atoms with E-state index in [4.69, 9.17) is 12.2 Å². The van der Waals surface area contributed by atoms with Gasteiger partial charge in [-0.15, -0.1) is 6.42 Å². The Morgan fingerprint density at radius 3 is 2.73 bits per heavy atom. The van der Waals surface area contributed by atoms with Crippen molar-refractivity contribution >= 4 is 11.6 Å². The summed E-state index contributed by atoms with van der Waals surface area (Å²) in [6.07, 6.45) is 5.14. The van der Waals surface area contributed by atoms with Gasteiger partial charge in [0.2, 0.25) is 0 Å². The van der Waals surface area contributed by atoms with E-state index in [0.29, 0.717) is 17.8 Å². The van der Waals surface area contributed by atoms with Gasteiger partial charge in [0.15, 0.2) is 0 Å². The van der Waals surface area contributed by atoms with Crippen molar-refractivity contribution in [3.8, 4) is 12.3 Å². The molecule has 0 aromatic heterocycles. The van der Waals surface area contributed by atoms with Crippen molar-refractivity contribution in [2.24, 2.45) is 0 Å². The molecule has 78 valence electrons. The van der Waals surface area contributed by atoms with Gasteiger partial charge in [-0.25, -0.2) is 0 Å². The van der Waals surface area contributed by atoms with E-state index in [-0.39, 0.29) is 5.91 Å². The second kappa shape index (κ2) is 4.52. The Morgan fingerprint density at radius 1 is 1.53 bits per heavy atom. The molecule has 1 aromatic rings. The SMILES string of the molecule is C#CCN(C)C(=O)c1cc(C)cc(N)c1. The van der Waals surface area contributed by atoms with Crippen LogP contribution in [0.25, 0.3) is 0 Å². The second-order valence-corrected chi connectivity index (χ2v) is 3.50. The van der Waals surface area contributed by atoms with Gasteiger partial charge in [-0.3, -0.25) is 4.79 Å². The highest BCUT2D eigenvalue weighted by Crippen LogP contribution is 2.12. The van der Waals surface area contributed by atoms with Gasteiger partial charge < -0.3 is 10.6 Å². The van der Waals surface area contributed by atoms with Gasteiger partial charge in [0.05, 0.1) is 6.54 Å². The lowest BCUT2D eigenvalue weighted by molar-refractivity contribution is 0.0812. The molecule has 3 nitrogen and oxygen atoms in total. The molecule has 0 bridgehead atoms. The van der Waals surface area contributed by atoms with E-state index in [9.17, 15) is 4.79 Å². The van der Waals surface area contributed by atoms with E-state index >= 15 is 0 Å². The van der Waals surface area contributed by atoms with E-state index < -0.39 is 0 Å². The lowest BCUT2D eigenvalue weighted by Gasteiger charge is -2.14. The molecule has 1 rings (SSSR count). The highest BCUT2D eigenvalue weighted by Gasteiger charge is 2.11. The Balaban J connectivity index is 2.97. The average molecular weight is 202 g/mol. The smallest absolute Gasteiger partial charge is 0.254 e. The van der Waals surface area contributed by atoms with Gasteiger partial charge in [0.1, 0.15) is 0 Å². The number of anilines is 1. The normalized spacial score (nSPS) is 9.40. The number of carbonyl (C=O) groups is 1. The molecule has 0 aliphatic carbocycles. The molecule has 15 heavy (non-hydrogen) atoms. The minimum absolute atomic E-state index is 0.108. The number of terminal acetylenes is 1. The zero-order valence-corrected chi connectivity index (χ0v) is 8.95. The van der Waals surface area contributed by atoms with Gasteiger partial charge in [0.25, 0.3) is 5.91 Å². The zero-order chi connectivity index (χ0) is 11.4. The molecule has 0 saturated heterocycles. The molecule has 0 fully saturated rings. The fourth-order valence-electron chi connectivity index (χ4n) is 1.37. The number of nitrogens with two attached hydrogens (primary N) is 1. The van der Waals surface area contributed by atoms with Gasteiger partial charge >= 0.3 is 0 Å². The molecule has 0 unspecified atom stereocenters. The summed E-state index contributed by atoms with van der Waals surface area (Å²) in [5, 5.41) is 0. The monoisotopic (exact) mass is 202 g/mol. The Hall–Kier alpha value is -1.95. The minimum Gasteiger partial charge on any atom is -0.399 e. The molecule has 0 atom stereocenters. The summed E-state index contributed by atoms with van der Waals surface area (Å²) >= 11 is 0. The molecular formula is C12H14N2O. The van der Waals surface area contributed by atoms with Gasteiger partial charge in [-0.05, 0) is 30.7 Å². The first-order valence-corrected chi connectivity index (χ1v) is 4.60. The maximum absolute atomic E-state index is 11.8. The molecule has 0 heterocycles. The maximum atomic E-state index is 11.8. The van der Waals surface area contributed by atoms with Crippen molar-refractivity contribution in [1.82, 2.24) is 4.90 Å². The molecule has 0 aliphatic heterocycles. The van der Waals surface area contributed by atoms with E-state index in [2.05, 4.69) is 5.92 Å². The summed E-state index contributed by atoms with van der Waals surface area (Å²) in [6.45, 7) is 2.20. The number of hydrogen-bond acceptors (Lipinski definition) is 2. The predicted octanol–water partition coefficient (Wildman–Crippen LogP) is 1.28. The van der Waals surface area contributed by atoms with Crippen LogP contribution in [-0.2, 0) is 0 Å². The summed E-state index contributed by atoms with van der Waals surface area (Å²) in [7, 11) is 1.67. The third-order valence-electron chi connectivity index (χ3n) is 2.02. The number of nitrogen functional groups attached to an aromatic ring is 1. The largest absolute Gasteiger partial charge is 0.399 e. The Labute approximate surface area is 89.9 Å². The topological polar surface area (TPSA) is 46.3 Å². The number of aryl methyl sites for hydroxylation is 1. The molecule has 3 heteroatoms. The van der Waals surface area contributed by atoms with Crippen LogP contribution in [0, 0.1) is 19.3 Å². The van der Waals surface area contributed by atoms with Crippen molar-refractivity contribution in [2.45, 2.75) is 6.92 Å². The van der Waals surface area contributed by atoms with Gasteiger partial charge in [-0.2, -0.15) is 0 Å². The third kappa shape index (κ3) is 2.75. The summed E-state index contributed by atoms with van der Waals surface area (Å²) in [4.78, 5) is 13.3. The van der Waals surface area contributed by atoms with Gasteiger partial charge in [-0.1, -0.05) is 5.92 Å². The van der Waals surface area contributed by atoms with E-state index in [1.165, 1.54) is 4.90 Å². The molecule has 0 saturated carbocycles. The van der Waals surface area contributed by atoms with Crippen LogP contribution in [0.2, 0.25) is 0 Å². The van der Waals surface area contributed by atoms with E-state index in [1.54, 1.807) is 19.2 Å². The van der Waals surface area contributed by atoms with E-state index in [0.717, 1.165) is 5.56 Å². The van der Waals surface area contributed by atoms with Gasteiger partial charge in [0, 0.05) is 18.3 Å². The Morgan fingerprint density at radius 2 is 2.20 bits per heavy atom. The van der Waals surface area contributed by atoms with Crippen molar-refractivity contribution in [2.75, 3.05) is 19.3 Å². The Kier molecular flexibility index (Phi) is 3.35. The van der Waals surface area contributed by atoms with Crippen LogP contribution in [0.3, 0.4) is 0 Å². The van der Waals surface area contributed by atoms with Crippen LogP contribution >= 0.6 is 0 Å². The molecule has 2 N–H and O–H groups in total. The standard InChI is InChI=1S/C12H14N2O/c1-4-5-14(3)12(15)10-6-9(2)7-11(13)8-10/h1,6-8H,5,13H2,2-3H3. The molecule has 0 radical (unpaired) electrons. The van der Waals surface area contributed by atoms with Crippen LogP contribution in [0.15, 0.2) is 18.2 Å². The maximum Gasteiger partial charge on any atom is 0.254 e. The second-order valence-electron chi connectivity index (χ2n) is 3.50. The molecular weight excluding hydrogens is 188 g/mol. The number of nitrogens with zero attached hydrogens (tertiary/aromatic N) is 1. The number of benzene rings is 1. The van der Waals surface area contributed by atoms with Crippen LogP contribution in [0.1, 0.15) is 15.9 Å². The van der Waals surface area contributed by atoms with E-state index in [1.807, 2.05) is 13.0 Å². The number of amides is 1. The summed E-state index contributed by atoms with van der Waals surface area (Å²) in [6, 6.07) is 5.27. The predicted molar refractivity (Wildman–Crippen MR) is 61.4 cm³/mol. The van der Waals surface area contributed by atoms with Crippen LogP contribution < -0.4 is 5.73 Å². The average Bonchev–Trinajstić information content (AvgIpc) is 2.15. The summed E-state index contributed by atoms with van der Waals surface area (Å²) in [5.41, 5.74) is 7.79. The first-order chi connectivity index (χ1) is 7.04. The molecule has 0 spiro atoms. The molecule has 1 amide bonds. The fourth-order valence-corrected chi connectivity index (χ4v) is 1.37. The lowest BCUT2D eigenvalue weighted by atomic mass is 10.1. The first-order valence-electron chi connectivity index (χ1n) is 4.60. The fraction of sp³-hybridized carbons (Fsp3) is 0.250. The van der Waals surface area contributed by atoms with Crippen molar-refractivity contribution < 1.29 is 4.79 Å².